The fourth-order valence-corrected chi connectivity index (χ4v) is 6.84. The van der Waals surface area contributed by atoms with Gasteiger partial charge in [0.25, 0.3) is 0 Å². The largest absolute Gasteiger partial charge is 0.388 e. The van der Waals surface area contributed by atoms with E-state index in [4.69, 9.17) is 9.47 Å². The molecule has 0 saturated carbocycles. The van der Waals surface area contributed by atoms with E-state index in [1.165, 1.54) is 4.90 Å². The Hall–Kier alpha value is -2.03. The topological polar surface area (TPSA) is 147 Å². The van der Waals surface area contributed by atoms with Crippen molar-refractivity contribution in [3.8, 4) is 0 Å². The first-order valence-electron chi connectivity index (χ1n) is 14.8. The number of rotatable bonds is 2. The molecular formula is C27H46N6O7. The van der Waals surface area contributed by atoms with Crippen LogP contribution in [0.15, 0.2) is 0 Å². The van der Waals surface area contributed by atoms with Crippen LogP contribution in [-0.4, -0.2) is 162 Å². The van der Waals surface area contributed by atoms with Gasteiger partial charge in [-0.2, -0.15) is 0 Å². The lowest BCUT2D eigenvalue weighted by Gasteiger charge is -2.41. The van der Waals surface area contributed by atoms with Crippen molar-refractivity contribution in [2.45, 2.75) is 94.2 Å². The lowest BCUT2D eigenvalue weighted by molar-refractivity contribution is -0.145. The van der Waals surface area contributed by atoms with E-state index in [-0.39, 0.29) is 61.5 Å². The fraction of sp³-hybridized carbons (Fsp3) is 0.889. The van der Waals surface area contributed by atoms with Crippen LogP contribution in [0, 0.1) is 0 Å². The minimum absolute atomic E-state index is 0.0118. The Labute approximate surface area is 236 Å². The van der Waals surface area contributed by atoms with Crippen LogP contribution < -0.4 is 10.6 Å². The molecule has 0 radical (unpaired) electrons. The third-order valence-corrected chi connectivity index (χ3v) is 8.97. The molecule has 5 saturated heterocycles. The number of aliphatic hydroxyl groups excluding tert-OH is 2. The van der Waals surface area contributed by atoms with Gasteiger partial charge in [-0.25, -0.2) is 4.79 Å². The molecule has 5 rings (SSSR count). The number of likely N-dealkylation sites (tertiary alicyclic amines) is 2. The first-order chi connectivity index (χ1) is 19.1. The molecule has 5 aliphatic heterocycles. The summed E-state index contributed by atoms with van der Waals surface area (Å²) in [6.45, 7) is 7.62. The Bertz CT molecular complexity index is 931. The van der Waals surface area contributed by atoms with Gasteiger partial charge in [-0.15, -0.1) is 0 Å². The Morgan fingerprint density at radius 1 is 1.02 bits per heavy atom. The van der Waals surface area contributed by atoms with E-state index in [0.717, 1.165) is 25.9 Å². The number of nitrogens with one attached hydrogen (secondary N) is 2. The molecule has 5 aliphatic rings. The summed E-state index contributed by atoms with van der Waals surface area (Å²) in [6, 6.07) is -0.736. The van der Waals surface area contributed by atoms with Gasteiger partial charge < -0.3 is 45.0 Å². The molecule has 6 bridgehead atoms. The van der Waals surface area contributed by atoms with Gasteiger partial charge in [0.15, 0.2) is 0 Å². The molecule has 13 nitrogen and oxygen atoms in total. The summed E-state index contributed by atoms with van der Waals surface area (Å²) in [5, 5.41) is 27.4. The van der Waals surface area contributed by atoms with Gasteiger partial charge in [0.2, 0.25) is 11.8 Å². The Balaban J connectivity index is 1.40. The number of morpholine rings is 1. The molecule has 4 amide bonds. The van der Waals surface area contributed by atoms with Crippen molar-refractivity contribution in [1.82, 2.24) is 30.2 Å². The number of urea groups is 1. The van der Waals surface area contributed by atoms with E-state index < -0.39 is 30.5 Å². The number of nitrogens with zero attached hydrogens (tertiary/aromatic N) is 4. The molecule has 4 N–H and O–H groups in total. The summed E-state index contributed by atoms with van der Waals surface area (Å²) in [5.41, 5.74) is 0. The minimum atomic E-state index is -1.25. The third kappa shape index (κ3) is 6.55. The highest BCUT2D eigenvalue weighted by Crippen LogP contribution is 2.30. The summed E-state index contributed by atoms with van der Waals surface area (Å²) in [6.07, 6.45) is -2.34. The molecule has 0 aromatic rings. The molecule has 5 heterocycles. The highest BCUT2D eigenvalue weighted by atomic mass is 16.5. The minimum Gasteiger partial charge on any atom is -0.388 e. The smallest absolute Gasteiger partial charge is 0.317 e. The van der Waals surface area contributed by atoms with E-state index >= 15 is 0 Å². The first-order valence-corrected chi connectivity index (χ1v) is 14.8. The first kappa shape index (κ1) is 29.5. The average molecular weight is 567 g/mol. The number of amides is 4. The van der Waals surface area contributed by atoms with E-state index in [1.54, 1.807) is 0 Å². The number of hydrogen-bond acceptors (Lipinski definition) is 9. The Kier molecular flexibility index (Phi) is 9.17. The second kappa shape index (κ2) is 12.5. The van der Waals surface area contributed by atoms with Crippen molar-refractivity contribution in [3.63, 3.8) is 0 Å². The number of carbonyl (C=O) groups excluding carboxylic acids is 3. The van der Waals surface area contributed by atoms with Crippen LogP contribution in [0.3, 0.4) is 0 Å². The van der Waals surface area contributed by atoms with Crippen LogP contribution in [0.4, 0.5) is 4.79 Å². The van der Waals surface area contributed by atoms with Crippen LogP contribution in [0.25, 0.3) is 0 Å². The molecule has 13 heteroatoms. The maximum atomic E-state index is 14.0. The van der Waals surface area contributed by atoms with Crippen molar-refractivity contribution < 1.29 is 34.1 Å². The van der Waals surface area contributed by atoms with E-state index in [1.807, 2.05) is 18.7 Å². The number of carbonyl (C=O) groups is 3. The predicted molar refractivity (Wildman–Crippen MR) is 144 cm³/mol. The second-order valence-corrected chi connectivity index (χ2v) is 12.4. The third-order valence-electron chi connectivity index (χ3n) is 8.97. The summed E-state index contributed by atoms with van der Waals surface area (Å²) in [7, 11) is 2.11. The van der Waals surface area contributed by atoms with Crippen LogP contribution >= 0.6 is 0 Å². The van der Waals surface area contributed by atoms with E-state index in [9.17, 15) is 24.6 Å². The highest BCUT2D eigenvalue weighted by molar-refractivity contribution is 5.83. The monoisotopic (exact) mass is 566 g/mol. The van der Waals surface area contributed by atoms with Crippen LogP contribution in [0.1, 0.15) is 39.5 Å². The molecule has 0 aromatic carbocycles. The van der Waals surface area contributed by atoms with Gasteiger partial charge in [-0.05, 0) is 53.2 Å². The van der Waals surface area contributed by atoms with Crippen molar-refractivity contribution in [3.05, 3.63) is 0 Å². The van der Waals surface area contributed by atoms with Gasteiger partial charge in [-0.1, -0.05) is 0 Å². The number of fused-ring (bicyclic) bond motifs is 6. The zero-order chi connectivity index (χ0) is 28.6. The van der Waals surface area contributed by atoms with Crippen molar-refractivity contribution in [2.75, 3.05) is 59.5 Å². The maximum absolute atomic E-state index is 14.0. The molecule has 0 aromatic heterocycles. The normalized spacial score (nSPS) is 37.2. The predicted octanol–water partition coefficient (Wildman–Crippen LogP) is -1.82. The summed E-state index contributed by atoms with van der Waals surface area (Å²) >= 11 is 0. The fourth-order valence-electron chi connectivity index (χ4n) is 6.84. The number of aliphatic hydroxyl groups is 2. The lowest BCUT2D eigenvalue weighted by Crippen LogP contribution is -2.57. The van der Waals surface area contributed by atoms with Gasteiger partial charge in [0, 0.05) is 37.8 Å². The van der Waals surface area contributed by atoms with E-state index in [0.29, 0.717) is 32.7 Å². The quantitative estimate of drug-likeness (QED) is 0.303. The zero-order valence-electron chi connectivity index (χ0n) is 23.9. The standard InChI is InChI=1S/C27H46N6O7/c1-16(2)28-27(38)32-14-19-13-31(8-9-39-19)26(37)20-10-17(12-33(20)18-4-6-30(3)7-5-18)29-23(34)11-21-24(35)25(36)22(15-32)40-21/h16-22,24-25,35-36H,4-15H2,1-3H3,(H,28,38)(H,29,34)/t17-,19-,20-,21-,22+,24-,25+/m0/s1. The Morgan fingerprint density at radius 3 is 2.48 bits per heavy atom. The average Bonchev–Trinajstić information content (AvgIpc) is 3.44. The highest BCUT2D eigenvalue weighted by Gasteiger charge is 2.47. The zero-order valence-corrected chi connectivity index (χ0v) is 23.9. The molecule has 7 atom stereocenters. The van der Waals surface area contributed by atoms with Gasteiger partial charge in [0.1, 0.15) is 18.3 Å². The summed E-state index contributed by atoms with van der Waals surface area (Å²) in [5.74, 6) is -0.241. The number of hydrogen-bond donors (Lipinski definition) is 4. The van der Waals surface area contributed by atoms with Gasteiger partial charge >= 0.3 is 6.03 Å². The molecule has 0 spiro atoms. The molecule has 0 unspecified atom stereocenters. The SMILES string of the molecule is CC(C)NC(=O)N1C[C@@H]2CN(CCO2)C(=O)[C@@H]2C[C@@H](CN2C2CCN(C)CC2)NC(=O)C[C@@H]2O[C@H](C1)[C@@H](O)[C@H]2O. The van der Waals surface area contributed by atoms with Crippen molar-refractivity contribution >= 4 is 17.8 Å². The van der Waals surface area contributed by atoms with E-state index in [2.05, 4.69) is 27.5 Å². The van der Waals surface area contributed by atoms with Crippen molar-refractivity contribution in [1.29, 1.82) is 0 Å². The molecular weight excluding hydrogens is 520 g/mol. The van der Waals surface area contributed by atoms with Crippen LogP contribution in [0.2, 0.25) is 0 Å². The Morgan fingerprint density at radius 2 is 1.75 bits per heavy atom. The molecule has 40 heavy (non-hydrogen) atoms. The summed E-state index contributed by atoms with van der Waals surface area (Å²) < 4.78 is 12.0. The molecule has 0 aliphatic carbocycles. The van der Waals surface area contributed by atoms with Crippen molar-refractivity contribution in [2.24, 2.45) is 0 Å². The lowest BCUT2D eigenvalue weighted by atomic mass is 10.0. The second-order valence-electron chi connectivity index (χ2n) is 12.4. The number of piperidine rings is 1. The number of ether oxygens (including phenoxy) is 2. The van der Waals surface area contributed by atoms with Gasteiger partial charge in [-0.3, -0.25) is 14.5 Å². The molecule has 226 valence electrons. The van der Waals surface area contributed by atoms with Crippen LogP contribution in [-0.2, 0) is 19.1 Å². The maximum Gasteiger partial charge on any atom is 0.317 e. The molecule has 5 fully saturated rings. The summed E-state index contributed by atoms with van der Waals surface area (Å²) in [4.78, 5) is 48.2. The van der Waals surface area contributed by atoms with Crippen LogP contribution in [0.5, 0.6) is 0 Å². The van der Waals surface area contributed by atoms with Gasteiger partial charge in [0.05, 0.1) is 44.4 Å².